The fourth-order valence-electron chi connectivity index (χ4n) is 2.68. The van der Waals surface area contributed by atoms with Gasteiger partial charge in [0.15, 0.2) is 0 Å². The van der Waals surface area contributed by atoms with Crippen molar-refractivity contribution in [3.63, 3.8) is 0 Å². The summed E-state index contributed by atoms with van der Waals surface area (Å²) in [5, 5.41) is 3.25. The highest BCUT2D eigenvalue weighted by atomic mass is 35.5. The van der Waals surface area contributed by atoms with E-state index >= 15 is 0 Å². The Morgan fingerprint density at radius 1 is 1.12 bits per heavy atom. The van der Waals surface area contributed by atoms with Crippen LogP contribution < -0.4 is 5.32 Å². The number of carbonyl (C=O) groups excluding carboxylic acids is 2. The van der Waals surface area contributed by atoms with Crippen molar-refractivity contribution >= 4 is 35.0 Å². The minimum absolute atomic E-state index is 0.120. The molecule has 1 aliphatic carbocycles. The first kappa shape index (κ1) is 17.8. The second-order valence-electron chi connectivity index (χ2n) is 6.04. The maximum Gasteiger partial charge on any atom is 0.255 e. The molecule has 25 heavy (non-hydrogen) atoms. The van der Waals surface area contributed by atoms with Gasteiger partial charge in [0.05, 0.1) is 15.6 Å². The van der Waals surface area contributed by atoms with E-state index in [9.17, 15) is 9.59 Å². The Hall–Kier alpha value is -2.04. The number of nitrogens with zero attached hydrogens (tertiary/aromatic N) is 1. The van der Waals surface area contributed by atoms with Gasteiger partial charge in [-0.3, -0.25) is 9.59 Å². The molecule has 0 aromatic heterocycles. The SMILES string of the molecule is CNC(=O)c1ccc(CN(C(=O)c2cccc(Cl)c2Cl)C2CC2)cc1. The van der Waals surface area contributed by atoms with Crippen LogP contribution in [-0.2, 0) is 6.54 Å². The molecule has 1 aliphatic rings. The number of amides is 2. The Morgan fingerprint density at radius 2 is 1.80 bits per heavy atom. The number of hydrogen-bond donors (Lipinski definition) is 1. The number of rotatable bonds is 5. The summed E-state index contributed by atoms with van der Waals surface area (Å²) in [6, 6.07) is 12.6. The molecule has 4 nitrogen and oxygen atoms in total. The summed E-state index contributed by atoms with van der Waals surface area (Å²) < 4.78 is 0. The van der Waals surface area contributed by atoms with E-state index in [1.165, 1.54) is 0 Å². The highest BCUT2D eigenvalue weighted by Crippen LogP contribution is 2.33. The normalized spacial score (nSPS) is 13.4. The van der Waals surface area contributed by atoms with E-state index in [1.54, 1.807) is 37.4 Å². The number of benzene rings is 2. The summed E-state index contributed by atoms with van der Waals surface area (Å²) in [4.78, 5) is 26.4. The molecule has 0 unspecified atom stereocenters. The van der Waals surface area contributed by atoms with Gasteiger partial charge in [-0.1, -0.05) is 41.4 Å². The quantitative estimate of drug-likeness (QED) is 0.851. The molecular formula is C19H18Cl2N2O2. The van der Waals surface area contributed by atoms with E-state index < -0.39 is 0 Å². The molecule has 0 atom stereocenters. The summed E-state index contributed by atoms with van der Waals surface area (Å²) in [6.45, 7) is 0.473. The van der Waals surface area contributed by atoms with Gasteiger partial charge in [0.1, 0.15) is 0 Å². The maximum absolute atomic E-state index is 12.9. The molecule has 130 valence electrons. The second kappa shape index (κ2) is 7.46. The number of halogens is 2. The van der Waals surface area contributed by atoms with Crippen LogP contribution in [-0.4, -0.2) is 29.8 Å². The average molecular weight is 377 g/mol. The van der Waals surface area contributed by atoms with Crippen molar-refractivity contribution < 1.29 is 9.59 Å². The van der Waals surface area contributed by atoms with Crippen LogP contribution in [0.4, 0.5) is 0 Å². The lowest BCUT2D eigenvalue weighted by Gasteiger charge is -2.23. The smallest absolute Gasteiger partial charge is 0.255 e. The molecule has 0 spiro atoms. The number of nitrogens with one attached hydrogen (secondary N) is 1. The molecule has 0 saturated heterocycles. The van der Waals surface area contributed by atoms with Crippen molar-refractivity contribution in [2.45, 2.75) is 25.4 Å². The molecule has 1 saturated carbocycles. The van der Waals surface area contributed by atoms with Crippen molar-refractivity contribution in [1.29, 1.82) is 0 Å². The zero-order valence-corrected chi connectivity index (χ0v) is 15.3. The van der Waals surface area contributed by atoms with Crippen LogP contribution in [0.25, 0.3) is 0 Å². The Bertz CT molecular complexity index is 802. The highest BCUT2D eigenvalue weighted by Gasteiger charge is 2.34. The topological polar surface area (TPSA) is 49.4 Å². The van der Waals surface area contributed by atoms with Gasteiger partial charge >= 0.3 is 0 Å². The van der Waals surface area contributed by atoms with Gasteiger partial charge in [0.25, 0.3) is 11.8 Å². The minimum Gasteiger partial charge on any atom is -0.355 e. The van der Waals surface area contributed by atoms with Crippen LogP contribution in [0, 0.1) is 0 Å². The van der Waals surface area contributed by atoms with Gasteiger partial charge in [0, 0.05) is 25.2 Å². The largest absolute Gasteiger partial charge is 0.355 e. The molecule has 0 radical (unpaired) electrons. The molecule has 6 heteroatoms. The highest BCUT2D eigenvalue weighted by molar-refractivity contribution is 6.43. The fourth-order valence-corrected chi connectivity index (χ4v) is 3.06. The van der Waals surface area contributed by atoms with Gasteiger partial charge in [-0.25, -0.2) is 0 Å². The van der Waals surface area contributed by atoms with E-state index in [0.717, 1.165) is 18.4 Å². The van der Waals surface area contributed by atoms with Crippen LogP contribution in [0.15, 0.2) is 42.5 Å². The molecular weight excluding hydrogens is 359 g/mol. The van der Waals surface area contributed by atoms with Crippen LogP contribution >= 0.6 is 23.2 Å². The average Bonchev–Trinajstić information content (AvgIpc) is 3.46. The van der Waals surface area contributed by atoms with Gasteiger partial charge in [-0.15, -0.1) is 0 Å². The molecule has 3 rings (SSSR count). The summed E-state index contributed by atoms with van der Waals surface area (Å²) in [5.41, 5.74) is 1.97. The minimum atomic E-state index is -0.132. The zero-order valence-electron chi connectivity index (χ0n) is 13.8. The summed E-state index contributed by atoms with van der Waals surface area (Å²) in [6.07, 6.45) is 1.97. The van der Waals surface area contributed by atoms with E-state index in [-0.39, 0.29) is 22.9 Å². The van der Waals surface area contributed by atoms with Gasteiger partial charge < -0.3 is 10.2 Å². The lowest BCUT2D eigenvalue weighted by Crippen LogP contribution is -2.32. The number of carbonyl (C=O) groups is 2. The van der Waals surface area contributed by atoms with E-state index in [2.05, 4.69) is 5.32 Å². The van der Waals surface area contributed by atoms with Gasteiger partial charge in [-0.2, -0.15) is 0 Å². The Kier molecular flexibility index (Phi) is 5.30. The fraction of sp³-hybridized carbons (Fsp3) is 0.263. The first-order valence-corrected chi connectivity index (χ1v) is 8.83. The lowest BCUT2D eigenvalue weighted by molar-refractivity contribution is 0.0729. The predicted octanol–water partition coefficient (Wildman–Crippen LogP) is 4.16. The van der Waals surface area contributed by atoms with Gasteiger partial charge in [0.2, 0.25) is 0 Å². The molecule has 0 bridgehead atoms. The third-order valence-corrected chi connectivity index (χ3v) is 5.05. The standard InChI is InChI=1S/C19H18Cl2N2O2/c1-22-18(24)13-7-5-12(6-8-13)11-23(14-9-10-14)19(25)15-3-2-4-16(20)17(15)21/h2-8,14H,9-11H2,1H3,(H,22,24). The van der Waals surface area contributed by atoms with E-state index in [4.69, 9.17) is 23.2 Å². The molecule has 1 fully saturated rings. The van der Waals surface area contributed by atoms with Crippen molar-refractivity contribution in [1.82, 2.24) is 10.2 Å². The van der Waals surface area contributed by atoms with Crippen molar-refractivity contribution in [3.8, 4) is 0 Å². The van der Waals surface area contributed by atoms with Crippen LogP contribution in [0.5, 0.6) is 0 Å². The third-order valence-electron chi connectivity index (χ3n) is 4.23. The van der Waals surface area contributed by atoms with Crippen LogP contribution in [0.2, 0.25) is 10.0 Å². The molecule has 2 aromatic rings. The Labute approximate surface area is 156 Å². The van der Waals surface area contributed by atoms with Gasteiger partial charge in [-0.05, 0) is 42.7 Å². The number of hydrogen-bond acceptors (Lipinski definition) is 2. The second-order valence-corrected chi connectivity index (χ2v) is 6.83. The third kappa shape index (κ3) is 3.97. The summed E-state index contributed by atoms with van der Waals surface area (Å²) in [5.74, 6) is -0.252. The first-order chi connectivity index (χ1) is 12.0. The lowest BCUT2D eigenvalue weighted by atomic mass is 10.1. The molecule has 2 aromatic carbocycles. The summed E-state index contributed by atoms with van der Waals surface area (Å²) >= 11 is 12.2. The van der Waals surface area contributed by atoms with Crippen LogP contribution in [0.1, 0.15) is 39.1 Å². The van der Waals surface area contributed by atoms with Crippen molar-refractivity contribution in [2.75, 3.05) is 7.05 Å². The van der Waals surface area contributed by atoms with E-state index in [0.29, 0.717) is 22.7 Å². The maximum atomic E-state index is 12.9. The molecule has 0 aliphatic heterocycles. The molecule has 0 heterocycles. The Balaban J connectivity index is 1.81. The van der Waals surface area contributed by atoms with Crippen molar-refractivity contribution in [2.24, 2.45) is 0 Å². The molecule has 2 amide bonds. The van der Waals surface area contributed by atoms with Crippen LogP contribution in [0.3, 0.4) is 0 Å². The summed E-state index contributed by atoms with van der Waals surface area (Å²) in [7, 11) is 1.60. The monoisotopic (exact) mass is 376 g/mol. The molecule has 1 N–H and O–H groups in total. The predicted molar refractivity (Wildman–Crippen MR) is 99.2 cm³/mol. The van der Waals surface area contributed by atoms with Crippen molar-refractivity contribution in [3.05, 3.63) is 69.2 Å². The first-order valence-electron chi connectivity index (χ1n) is 8.07. The zero-order chi connectivity index (χ0) is 18.0. The Morgan fingerprint density at radius 3 is 2.40 bits per heavy atom. The van der Waals surface area contributed by atoms with E-state index in [1.807, 2.05) is 17.0 Å².